The van der Waals surface area contributed by atoms with Crippen LogP contribution < -0.4 is 11.2 Å². The summed E-state index contributed by atoms with van der Waals surface area (Å²) in [6.07, 6.45) is 0.659. The topological polar surface area (TPSA) is 91.8 Å². The monoisotopic (exact) mass is 360 g/mol. The Hall–Kier alpha value is -1.25. The lowest BCUT2D eigenvalue weighted by atomic mass is 10.2. The van der Waals surface area contributed by atoms with E-state index in [1.54, 1.807) is 13.8 Å². The molecule has 8 nitrogen and oxygen atoms in total. The highest BCUT2D eigenvalue weighted by atomic mass is 32.5. The molecule has 4 atom stereocenters. The van der Waals surface area contributed by atoms with E-state index in [0.29, 0.717) is 17.7 Å². The van der Waals surface area contributed by atoms with E-state index in [-0.39, 0.29) is 18.8 Å². The molecular formula is C13H17N2O6PS. The number of ether oxygens (including phenoxy) is 1. The normalized spacial score (nSPS) is 33.2. The molecule has 23 heavy (non-hydrogen) atoms. The van der Waals surface area contributed by atoms with Crippen LogP contribution in [0.25, 0.3) is 0 Å². The number of rotatable bonds is 3. The van der Waals surface area contributed by atoms with Crippen molar-refractivity contribution in [2.75, 3.05) is 6.61 Å². The van der Waals surface area contributed by atoms with Crippen LogP contribution in [0.15, 0.2) is 28.1 Å². The van der Waals surface area contributed by atoms with E-state index in [2.05, 4.69) is 11.6 Å². The van der Waals surface area contributed by atoms with Gasteiger partial charge in [-0.1, -0.05) is 6.58 Å². The first-order chi connectivity index (χ1) is 10.8. The molecule has 3 rings (SSSR count). The van der Waals surface area contributed by atoms with Crippen LogP contribution in [0, 0.1) is 6.92 Å². The number of nitrogens with zero attached hydrogens (tertiary/aromatic N) is 1. The van der Waals surface area contributed by atoms with Crippen molar-refractivity contribution in [3.63, 3.8) is 0 Å². The van der Waals surface area contributed by atoms with Gasteiger partial charge in [-0.3, -0.25) is 23.4 Å². The van der Waals surface area contributed by atoms with Gasteiger partial charge < -0.3 is 9.26 Å². The first kappa shape index (κ1) is 16.6. The third-order valence-corrected chi connectivity index (χ3v) is 5.89. The van der Waals surface area contributed by atoms with Crippen LogP contribution in [0.4, 0.5) is 0 Å². The lowest BCUT2D eigenvalue weighted by Crippen LogP contribution is -2.34. The van der Waals surface area contributed by atoms with Gasteiger partial charge in [0.15, 0.2) is 0 Å². The number of fused-ring (bicyclic) bond motifs is 1. The lowest BCUT2D eigenvalue weighted by Gasteiger charge is -2.32. The van der Waals surface area contributed by atoms with E-state index in [4.69, 9.17) is 30.1 Å². The van der Waals surface area contributed by atoms with E-state index < -0.39 is 24.2 Å². The van der Waals surface area contributed by atoms with Crippen molar-refractivity contribution in [2.45, 2.75) is 38.7 Å². The maximum atomic E-state index is 12.0. The molecule has 0 bridgehead atoms. The lowest BCUT2D eigenvalue weighted by molar-refractivity contribution is -0.0610. The summed E-state index contributed by atoms with van der Waals surface area (Å²) in [7, 11) is 0. The second-order valence-electron chi connectivity index (χ2n) is 5.52. The van der Waals surface area contributed by atoms with Crippen molar-refractivity contribution in [2.24, 2.45) is 0 Å². The van der Waals surface area contributed by atoms with Gasteiger partial charge in [0.2, 0.25) is 0 Å². The fraction of sp³-hybridized carbons (Fsp3) is 0.538. The summed E-state index contributed by atoms with van der Waals surface area (Å²) in [5, 5.41) is 0. The zero-order valence-electron chi connectivity index (χ0n) is 12.7. The van der Waals surface area contributed by atoms with Crippen molar-refractivity contribution in [3.8, 4) is 0 Å². The molecule has 0 radical (unpaired) electrons. The van der Waals surface area contributed by atoms with E-state index in [1.807, 2.05) is 0 Å². The van der Waals surface area contributed by atoms with Crippen molar-refractivity contribution < 1.29 is 18.3 Å². The molecule has 0 spiro atoms. The Morgan fingerprint density at radius 3 is 2.96 bits per heavy atom. The number of nitrogens with one attached hydrogen (secondary N) is 1. The average molecular weight is 360 g/mol. The number of allylic oxidation sites excluding steroid dienone is 1. The number of H-pyrrole nitrogens is 1. The molecule has 2 aliphatic rings. The fourth-order valence-corrected chi connectivity index (χ4v) is 4.85. The molecule has 2 fully saturated rings. The molecule has 10 heteroatoms. The van der Waals surface area contributed by atoms with E-state index in [9.17, 15) is 9.59 Å². The number of hydrogen-bond acceptors (Lipinski definition) is 7. The highest BCUT2D eigenvalue weighted by molar-refractivity contribution is 8.07. The minimum atomic E-state index is -2.88. The van der Waals surface area contributed by atoms with Crippen LogP contribution in [0.1, 0.15) is 25.1 Å². The van der Waals surface area contributed by atoms with Gasteiger partial charge in [-0.05, 0) is 13.8 Å². The van der Waals surface area contributed by atoms with Gasteiger partial charge in [0, 0.05) is 30.0 Å². The quantitative estimate of drug-likeness (QED) is 0.642. The highest BCUT2D eigenvalue weighted by Gasteiger charge is 2.46. The van der Waals surface area contributed by atoms with Crippen molar-refractivity contribution >= 4 is 18.5 Å². The third-order valence-electron chi connectivity index (χ3n) is 3.57. The van der Waals surface area contributed by atoms with Crippen LogP contribution in [0.3, 0.4) is 0 Å². The maximum Gasteiger partial charge on any atom is 0.380 e. The largest absolute Gasteiger partial charge is 0.430 e. The summed E-state index contributed by atoms with van der Waals surface area (Å²) in [6.45, 7) is 4.28. The highest BCUT2D eigenvalue weighted by Crippen LogP contribution is 2.57. The summed E-state index contributed by atoms with van der Waals surface area (Å²) in [5.74, 6) is 0.426. The Balaban J connectivity index is 1.80. The SMILES string of the molecule is C=C(C)OP1(=S)OC[C@H]2O[C@@H](n3cc(C)c(=O)[nH]c3=O)CC2O1. The van der Waals surface area contributed by atoms with Crippen molar-refractivity contribution in [3.05, 3.63) is 44.9 Å². The van der Waals surface area contributed by atoms with Gasteiger partial charge >= 0.3 is 12.4 Å². The number of aryl methyl sites for hydroxylation is 1. The Morgan fingerprint density at radius 2 is 2.26 bits per heavy atom. The summed E-state index contributed by atoms with van der Waals surface area (Å²) in [4.78, 5) is 25.7. The Kier molecular flexibility index (Phi) is 4.33. The van der Waals surface area contributed by atoms with Crippen LogP contribution in [-0.4, -0.2) is 28.4 Å². The molecule has 2 aliphatic heterocycles. The fourth-order valence-electron chi connectivity index (χ4n) is 2.53. The van der Waals surface area contributed by atoms with Gasteiger partial charge in [0.25, 0.3) is 5.56 Å². The second-order valence-corrected chi connectivity index (χ2v) is 8.41. The van der Waals surface area contributed by atoms with Gasteiger partial charge in [0.1, 0.15) is 18.4 Å². The van der Waals surface area contributed by atoms with Gasteiger partial charge in [-0.25, -0.2) is 4.79 Å². The summed E-state index contributed by atoms with van der Waals surface area (Å²) >= 11 is 5.28. The van der Waals surface area contributed by atoms with Gasteiger partial charge in [-0.2, -0.15) is 0 Å². The van der Waals surface area contributed by atoms with Crippen molar-refractivity contribution in [1.29, 1.82) is 0 Å². The zero-order valence-corrected chi connectivity index (χ0v) is 14.4. The van der Waals surface area contributed by atoms with Crippen molar-refractivity contribution in [1.82, 2.24) is 9.55 Å². The molecule has 0 saturated carbocycles. The summed E-state index contributed by atoms with van der Waals surface area (Å²) in [6, 6.07) is 0. The molecule has 3 heterocycles. The predicted molar refractivity (Wildman–Crippen MR) is 85.6 cm³/mol. The Bertz CT molecular complexity index is 802. The smallest absolute Gasteiger partial charge is 0.380 e. The summed E-state index contributed by atoms with van der Waals surface area (Å²) < 4.78 is 23.8. The number of aromatic nitrogens is 2. The van der Waals surface area contributed by atoms with Crippen LogP contribution >= 0.6 is 6.72 Å². The average Bonchev–Trinajstić information content (AvgIpc) is 2.83. The van der Waals surface area contributed by atoms with Gasteiger partial charge in [-0.15, -0.1) is 0 Å². The second kappa shape index (κ2) is 5.99. The molecule has 2 saturated heterocycles. The van der Waals surface area contributed by atoms with Crippen LogP contribution in [0.2, 0.25) is 0 Å². The van der Waals surface area contributed by atoms with Gasteiger partial charge in [0.05, 0.1) is 12.4 Å². The molecule has 1 aromatic heterocycles. The predicted octanol–water partition coefficient (Wildman–Crippen LogP) is 1.32. The Morgan fingerprint density at radius 1 is 1.52 bits per heavy atom. The first-order valence-electron chi connectivity index (χ1n) is 7.03. The molecule has 1 aromatic rings. The molecule has 0 aliphatic carbocycles. The van der Waals surface area contributed by atoms with Crippen LogP contribution in [-0.2, 0) is 30.1 Å². The first-order valence-corrected chi connectivity index (χ1v) is 9.58. The molecule has 0 amide bonds. The molecule has 126 valence electrons. The van der Waals surface area contributed by atoms with Crippen LogP contribution in [0.5, 0.6) is 0 Å². The summed E-state index contributed by atoms with van der Waals surface area (Å²) in [5.41, 5.74) is -0.509. The third kappa shape index (κ3) is 3.34. The standard InChI is InChI=1S/C13H17N2O6PS/c1-7(2)20-22(23)18-6-10-9(21-22)4-11(19-10)15-5-8(3)12(16)14-13(15)17/h5,9-11H,1,4,6H2,2-3H3,(H,14,16,17)/t9?,10-,11-,22?/m1/s1. The minimum absolute atomic E-state index is 0.225. The molecular weight excluding hydrogens is 343 g/mol. The number of aromatic amines is 1. The minimum Gasteiger partial charge on any atom is -0.430 e. The molecule has 0 aromatic carbocycles. The van der Waals surface area contributed by atoms with E-state index >= 15 is 0 Å². The van der Waals surface area contributed by atoms with E-state index in [1.165, 1.54) is 10.8 Å². The molecule has 2 unspecified atom stereocenters. The Labute approximate surface area is 137 Å². The maximum absolute atomic E-state index is 12.0. The number of hydrogen-bond donors (Lipinski definition) is 1. The van der Waals surface area contributed by atoms with E-state index in [0.717, 1.165) is 0 Å². The molecule has 1 N–H and O–H groups in total. The zero-order chi connectivity index (χ0) is 16.8.